The van der Waals surface area contributed by atoms with E-state index in [9.17, 15) is 14.0 Å². The molecule has 5 nitrogen and oxygen atoms in total. The first-order chi connectivity index (χ1) is 16.9. The third kappa shape index (κ3) is 7.17. The van der Waals surface area contributed by atoms with E-state index in [1.54, 1.807) is 17.0 Å². The quantitative estimate of drug-likeness (QED) is 0.384. The number of carbonyl (C=O) groups is 2. The van der Waals surface area contributed by atoms with Gasteiger partial charge in [0.2, 0.25) is 5.91 Å². The number of nitrogens with one attached hydrogen (secondary N) is 1. The van der Waals surface area contributed by atoms with Crippen molar-refractivity contribution in [2.24, 2.45) is 5.41 Å². The van der Waals surface area contributed by atoms with Gasteiger partial charge >= 0.3 is 0 Å². The number of carbonyl (C=O) groups excluding carboxylic acids is 2. The molecule has 1 atom stereocenters. The highest BCUT2D eigenvalue weighted by molar-refractivity contribution is 5.95. The second-order valence-electron chi connectivity index (χ2n) is 10.6. The Bertz CT molecular complexity index is 1200. The second-order valence-corrected chi connectivity index (χ2v) is 10.6. The smallest absolute Gasteiger partial charge is 0.254 e. The Hall–Kier alpha value is -3.67. The van der Waals surface area contributed by atoms with Crippen LogP contribution in [0.2, 0.25) is 0 Å². The normalized spacial score (nSPS) is 12.1. The molecule has 6 heteroatoms. The van der Waals surface area contributed by atoms with Crippen LogP contribution in [-0.4, -0.2) is 30.8 Å². The Balaban J connectivity index is 2.00. The monoisotopic (exact) mass is 489 g/mol. The zero-order valence-corrected chi connectivity index (χ0v) is 22.0. The van der Waals surface area contributed by atoms with Crippen LogP contribution in [0.3, 0.4) is 0 Å². The third-order valence-electron chi connectivity index (χ3n) is 5.96. The molecule has 0 saturated carbocycles. The molecule has 0 aromatic heterocycles. The van der Waals surface area contributed by atoms with E-state index in [0.717, 1.165) is 16.8 Å². The summed E-state index contributed by atoms with van der Waals surface area (Å²) in [6, 6.07) is 21.0. The molecule has 36 heavy (non-hydrogen) atoms. The molecule has 0 aliphatic carbocycles. The molecule has 0 bridgehead atoms. The van der Waals surface area contributed by atoms with Crippen molar-refractivity contribution in [1.29, 1.82) is 0 Å². The van der Waals surface area contributed by atoms with Crippen molar-refractivity contribution in [3.63, 3.8) is 0 Å². The predicted molar refractivity (Wildman–Crippen MR) is 145 cm³/mol. The zero-order valence-electron chi connectivity index (χ0n) is 22.0. The van der Waals surface area contributed by atoms with Gasteiger partial charge in [0.05, 0.1) is 6.04 Å². The first-order valence-electron chi connectivity index (χ1n) is 12.2. The van der Waals surface area contributed by atoms with E-state index in [1.807, 2.05) is 95.2 Å². The lowest BCUT2D eigenvalue weighted by Gasteiger charge is -2.32. The van der Waals surface area contributed by atoms with Crippen LogP contribution in [-0.2, 0) is 11.3 Å². The van der Waals surface area contributed by atoms with E-state index in [-0.39, 0.29) is 29.8 Å². The zero-order chi connectivity index (χ0) is 26.5. The maximum absolute atomic E-state index is 14.0. The fourth-order valence-electron chi connectivity index (χ4n) is 4.18. The van der Waals surface area contributed by atoms with Gasteiger partial charge in [-0.2, -0.15) is 0 Å². The van der Waals surface area contributed by atoms with Gasteiger partial charge in [0.25, 0.3) is 5.91 Å². The molecule has 190 valence electrons. The molecule has 3 rings (SSSR count). The topological polar surface area (TPSA) is 52.7 Å². The van der Waals surface area contributed by atoms with Crippen LogP contribution in [0.5, 0.6) is 0 Å². The van der Waals surface area contributed by atoms with Crippen molar-refractivity contribution in [2.75, 3.05) is 24.3 Å². The lowest BCUT2D eigenvalue weighted by atomic mass is 9.92. The minimum absolute atomic E-state index is 0.0589. The van der Waals surface area contributed by atoms with Gasteiger partial charge in [-0.15, -0.1) is 0 Å². The minimum Gasteiger partial charge on any atom is -0.377 e. The molecule has 0 heterocycles. The van der Waals surface area contributed by atoms with Crippen molar-refractivity contribution >= 4 is 23.2 Å². The van der Waals surface area contributed by atoms with Crippen LogP contribution < -0.4 is 10.2 Å². The van der Waals surface area contributed by atoms with Gasteiger partial charge in [0, 0.05) is 44.0 Å². The predicted octanol–water partition coefficient (Wildman–Crippen LogP) is 6.67. The van der Waals surface area contributed by atoms with E-state index in [4.69, 9.17) is 0 Å². The second kappa shape index (κ2) is 11.4. The summed E-state index contributed by atoms with van der Waals surface area (Å²) in [4.78, 5) is 30.0. The number of halogens is 1. The summed E-state index contributed by atoms with van der Waals surface area (Å²) in [7, 11) is 3.88. The van der Waals surface area contributed by atoms with Gasteiger partial charge in [-0.25, -0.2) is 4.39 Å². The number of rotatable bonds is 8. The summed E-state index contributed by atoms with van der Waals surface area (Å²) in [5.41, 5.74) is 3.62. The number of hydrogen-bond donors (Lipinski definition) is 1. The molecular formula is C30H36FN3O2. The Morgan fingerprint density at radius 2 is 1.64 bits per heavy atom. The van der Waals surface area contributed by atoms with Crippen LogP contribution in [0.4, 0.5) is 15.8 Å². The molecular weight excluding hydrogens is 453 g/mol. The minimum atomic E-state index is -0.453. The molecule has 2 amide bonds. The lowest BCUT2D eigenvalue weighted by molar-refractivity contribution is -0.117. The molecule has 1 unspecified atom stereocenters. The standard InChI is InChI=1S/C30H36FN3O2/c1-21(22-11-8-7-9-12-22)34(29(36)23-13-10-14-25(31)17-23)20-24-18-26(15-16-27(24)33(5)6)32-28(35)19-30(2,3)4/h7-18,21H,19-20H2,1-6H3,(H,32,35). The Kier molecular flexibility index (Phi) is 8.51. The summed E-state index contributed by atoms with van der Waals surface area (Å²) < 4.78 is 14.0. The van der Waals surface area contributed by atoms with E-state index >= 15 is 0 Å². The van der Waals surface area contributed by atoms with Crippen molar-refractivity contribution in [3.8, 4) is 0 Å². The maximum atomic E-state index is 14.0. The Morgan fingerprint density at radius 3 is 2.25 bits per heavy atom. The van der Waals surface area contributed by atoms with Crippen molar-refractivity contribution < 1.29 is 14.0 Å². The van der Waals surface area contributed by atoms with Crippen LogP contribution in [0.1, 0.15) is 61.6 Å². The number of amides is 2. The molecule has 0 spiro atoms. The van der Waals surface area contributed by atoms with Crippen LogP contribution in [0.25, 0.3) is 0 Å². The fourth-order valence-corrected chi connectivity index (χ4v) is 4.18. The van der Waals surface area contributed by atoms with E-state index in [2.05, 4.69) is 5.32 Å². The van der Waals surface area contributed by atoms with Crippen LogP contribution in [0, 0.1) is 11.2 Å². The number of nitrogens with zero attached hydrogens (tertiary/aromatic N) is 2. The van der Waals surface area contributed by atoms with Gasteiger partial charge in [-0.05, 0) is 59.9 Å². The lowest BCUT2D eigenvalue weighted by Crippen LogP contribution is -2.34. The van der Waals surface area contributed by atoms with Crippen LogP contribution >= 0.6 is 0 Å². The highest BCUT2D eigenvalue weighted by Gasteiger charge is 2.25. The average molecular weight is 490 g/mol. The van der Waals surface area contributed by atoms with E-state index in [1.165, 1.54) is 12.1 Å². The summed E-state index contributed by atoms with van der Waals surface area (Å²) >= 11 is 0. The Morgan fingerprint density at radius 1 is 0.944 bits per heavy atom. The number of anilines is 2. The average Bonchev–Trinajstić information content (AvgIpc) is 2.81. The maximum Gasteiger partial charge on any atom is 0.254 e. The first-order valence-corrected chi connectivity index (χ1v) is 12.2. The van der Waals surface area contributed by atoms with Crippen LogP contribution in [0.15, 0.2) is 72.8 Å². The Labute approximate surface area is 213 Å². The largest absolute Gasteiger partial charge is 0.377 e. The van der Waals surface area contributed by atoms with Crippen molar-refractivity contribution in [3.05, 3.63) is 95.3 Å². The SMILES string of the molecule is CC(c1ccccc1)N(Cc1cc(NC(=O)CC(C)(C)C)ccc1N(C)C)C(=O)c1cccc(F)c1. The highest BCUT2D eigenvalue weighted by atomic mass is 19.1. The van der Waals surface area contributed by atoms with Gasteiger partial charge in [0.1, 0.15) is 5.82 Å². The van der Waals surface area contributed by atoms with E-state index in [0.29, 0.717) is 17.7 Å². The molecule has 0 aliphatic rings. The molecule has 3 aromatic rings. The van der Waals surface area contributed by atoms with Gasteiger partial charge < -0.3 is 15.1 Å². The molecule has 0 fully saturated rings. The molecule has 1 N–H and O–H groups in total. The molecule has 0 saturated heterocycles. The third-order valence-corrected chi connectivity index (χ3v) is 5.96. The first kappa shape index (κ1) is 26.9. The summed E-state index contributed by atoms with van der Waals surface area (Å²) in [5.74, 6) is -0.778. The van der Waals surface area contributed by atoms with Crippen molar-refractivity contribution in [1.82, 2.24) is 4.90 Å². The fraction of sp³-hybridized carbons (Fsp3) is 0.333. The van der Waals surface area contributed by atoms with Gasteiger partial charge in [-0.1, -0.05) is 57.2 Å². The van der Waals surface area contributed by atoms with Gasteiger partial charge in [-0.3, -0.25) is 9.59 Å². The summed E-state index contributed by atoms with van der Waals surface area (Å²) in [6.07, 6.45) is 0.396. The molecule has 0 radical (unpaired) electrons. The molecule has 0 aliphatic heterocycles. The van der Waals surface area contributed by atoms with Gasteiger partial charge in [0.15, 0.2) is 0 Å². The highest BCUT2D eigenvalue weighted by Crippen LogP contribution is 2.30. The summed E-state index contributed by atoms with van der Waals surface area (Å²) in [5, 5.41) is 3.00. The molecule has 3 aromatic carbocycles. The number of hydrogen-bond acceptors (Lipinski definition) is 3. The van der Waals surface area contributed by atoms with E-state index < -0.39 is 5.82 Å². The number of benzene rings is 3. The van der Waals surface area contributed by atoms with Crippen molar-refractivity contribution in [2.45, 2.75) is 46.7 Å². The summed E-state index contributed by atoms with van der Waals surface area (Å²) in [6.45, 7) is 8.31.